The molecule has 0 radical (unpaired) electrons. The SMILES string of the molecule is O=C(CCNC(=O)c1ccco1)Nc1cccc(N2C(=O)c3ccccc3C2=O)c1. The number of carbonyl (C=O) groups excluding carboxylic acids is 4. The van der Waals surface area contributed by atoms with Crippen LogP contribution in [0.25, 0.3) is 0 Å². The Labute approximate surface area is 171 Å². The number of nitrogens with zero attached hydrogens (tertiary/aromatic N) is 1. The van der Waals surface area contributed by atoms with E-state index < -0.39 is 17.7 Å². The predicted octanol–water partition coefficient (Wildman–Crippen LogP) is 2.84. The molecular formula is C22H17N3O5. The minimum atomic E-state index is -0.403. The van der Waals surface area contributed by atoms with Gasteiger partial charge in [-0.15, -0.1) is 0 Å². The molecule has 0 saturated heterocycles. The maximum Gasteiger partial charge on any atom is 0.286 e. The zero-order chi connectivity index (χ0) is 21.1. The molecule has 4 amide bonds. The quantitative estimate of drug-likeness (QED) is 0.615. The molecular weight excluding hydrogens is 386 g/mol. The van der Waals surface area contributed by atoms with Crippen LogP contribution in [0.1, 0.15) is 37.7 Å². The van der Waals surface area contributed by atoms with Gasteiger partial charge in [-0.3, -0.25) is 19.2 Å². The maximum atomic E-state index is 12.6. The summed E-state index contributed by atoms with van der Waals surface area (Å²) in [5, 5.41) is 5.29. The second-order valence-electron chi connectivity index (χ2n) is 6.57. The highest BCUT2D eigenvalue weighted by atomic mass is 16.3. The molecule has 8 heteroatoms. The number of benzene rings is 2. The van der Waals surface area contributed by atoms with Crippen molar-refractivity contribution >= 4 is 35.0 Å². The molecule has 2 N–H and O–H groups in total. The number of furan rings is 1. The summed E-state index contributed by atoms with van der Waals surface area (Å²) < 4.78 is 4.98. The van der Waals surface area contributed by atoms with Crippen molar-refractivity contribution < 1.29 is 23.6 Å². The molecule has 0 bridgehead atoms. The standard InChI is InChI=1S/C22H17N3O5/c26-19(10-11-23-20(27)18-9-4-12-30-18)24-14-5-3-6-15(13-14)25-21(28)16-7-1-2-8-17(16)22(25)29/h1-9,12-13H,10-11H2,(H,23,27)(H,24,26). The third-order valence-electron chi connectivity index (χ3n) is 4.56. The molecule has 2 aromatic carbocycles. The van der Waals surface area contributed by atoms with Gasteiger partial charge in [-0.2, -0.15) is 0 Å². The molecule has 1 aliphatic rings. The van der Waals surface area contributed by atoms with Crippen LogP contribution in [0.4, 0.5) is 11.4 Å². The van der Waals surface area contributed by atoms with E-state index in [0.29, 0.717) is 22.5 Å². The topological polar surface area (TPSA) is 109 Å². The van der Waals surface area contributed by atoms with Crippen molar-refractivity contribution in [3.05, 3.63) is 83.8 Å². The summed E-state index contributed by atoms with van der Waals surface area (Å²) in [6.07, 6.45) is 1.44. The summed E-state index contributed by atoms with van der Waals surface area (Å²) in [4.78, 5) is 50.3. The largest absolute Gasteiger partial charge is 0.459 e. The number of rotatable bonds is 6. The number of amides is 4. The van der Waals surface area contributed by atoms with Crippen LogP contribution in [0.5, 0.6) is 0 Å². The average molecular weight is 403 g/mol. The van der Waals surface area contributed by atoms with Crippen LogP contribution in [-0.2, 0) is 4.79 Å². The normalized spacial score (nSPS) is 12.6. The highest BCUT2D eigenvalue weighted by Gasteiger charge is 2.36. The molecule has 1 aliphatic heterocycles. The molecule has 8 nitrogen and oxygen atoms in total. The zero-order valence-electron chi connectivity index (χ0n) is 15.8. The Kier molecular flexibility index (Phi) is 5.13. The highest BCUT2D eigenvalue weighted by molar-refractivity contribution is 6.34. The fourth-order valence-corrected chi connectivity index (χ4v) is 3.15. The van der Waals surface area contributed by atoms with Crippen LogP contribution in [0.3, 0.4) is 0 Å². The van der Waals surface area contributed by atoms with E-state index in [2.05, 4.69) is 10.6 Å². The highest BCUT2D eigenvalue weighted by Crippen LogP contribution is 2.29. The van der Waals surface area contributed by atoms with E-state index >= 15 is 0 Å². The van der Waals surface area contributed by atoms with Crippen LogP contribution in [0.2, 0.25) is 0 Å². The number of fused-ring (bicyclic) bond motifs is 1. The zero-order valence-corrected chi connectivity index (χ0v) is 15.8. The first-order chi connectivity index (χ1) is 14.5. The number of anilines is 2. The second-order valence-corrected chi connectivity index (χ2v) is 6.57. The van der Waals surface area contributed by atoms with E-state index in [1.165, 1.54) is 12.3 Å². The molecule has 150 valence electrons. The van der Waals surface area contributed by atoms with Gasteiger partial charge < -0.3 is 15.1 Å². The molecule has 4 rings (SSSR count). The van der Waals surface area contributed by atoms with Gasteiger partial charge in [0.2, 0.25) is 5.91 Å². The van der Waals surface area contributed by atoms with Crippen molar-refractivity contribution in [2.45, 2.75) is 6.42 Å². The summed E-state index contributed by atoms with van der Waals surface area (Å²) >= 11 is 0. The molecule has 1 aromatic heterocycles. The van der Waals surface area contributed by atoms with Gasteiger partial charge in [0.15, 0.2) is 5.76 Å². The van der Waals surface area contributed by atoms with Crippen LogP contribution in [0, 0.1) is 0 Å². The molecule has 3 aromatic rings. The first-order valence-corrected chi connectivity index (χ1v) is 9.24. The van der Waals surface area contributed by atoms with Crippen molar-refractivity contribution in [2.24, 2.45) is 0 Å². The third kappa shape index (κ3) is 3.70. The van der Waals surface area contributed by atoms with Gasteiger partial charge >= 0.3 is 0 Å². The van der Waals surface area contributed by atoms with Gasteiger partial charge in [0.05, 0.1) is 23.1 Å². The fraction of sp³-hybridized carbons (Fsp3) is 0.0909. The van der Waals surface area contributed by atoms with Gasteiger partial charge in [-0.1, -0.05) is 18.2 Å². The van der Waals surface area contributed by atoms with E-state index in [0.717, 1.165) is 4.90 Å². The number of nitrogens with one attached hydrogen (secondary N) is 2. The Bertz CT molecular complexity index is 1100. The smallest absolute Gasteiger partial charge is 0.286 e. The lowest BCUT2D eigenvalue weighted by molar-refractivity contribution is -0.116. The fourth-order valence-electron chi connectivity index (χ4n) is 3.15. The van der Waals surface area contributed by atoms with Gasteiger partial charge in [0.1, 0.15) is 0 Å². The summed E-state index contributed by atoms with van der Waals surface area (Å²) in [7, 11) is 0. The number of imide groups is 1. The Morgan fingerprint density at radius 3 is 2.30 bits per heavy atom. The second kappa shape index (κ2) is 8.04. The van der Waals surface area contributed by atoms with Crippen molar-refractivity contribution in [2.75, 3.05) is 16.8 Å². The lowest BCUT2D eigenvalue weighted by Crippen LogP contribution is -2.29. The molecule has 0 aliphatic carbocycles. The Hall–Kier alpha value is -4.20. The maximum absolute atomic E-state index is 12.6. The van der Waals surface area contributed by atoms with Crippen LogP contribution >= 0.6 is 0 Å². The summed E-state index contributed by atoms with van der Waals surface area (Å²) in [5.74, 6) is -1.36. The molecule has 0 atom stereocenters. The third-order valence-corrected chi connectivity index (χ3v) is 4.56. The van der Waals surface area contributed by atoms with Gasteiger partial charge in [-0.05, 0) is 42.5 Å². The van der Waals surface area contributed by atoms with E-state index in [-0.39, 0.29) is 24.6 Å². The molecule has 0 fully saturated rings. The minimum Gasteiger partial charge on any atom is -0.459 e. The Morgan fingerprint density at radius 2 is 1.63 bits per heavy atom. The number of hydrogen-bond donors (Lipinski definition) is 2. The van der Waals surface area contributed by atoms with Crippen LogP contribution in [-0.4, -0.2) is 30.2 Å². The Balaban J connectivity index is 1.38. The molecule has 2 heterocycles. The van der Waals surface area contributed by atoms with Gasteiger partial charge in [-0.25, -0.2) is 4.90 Å². The lowest BCUT2D eigenvalue weighted by Gasteiger charge is -2.15. The molecule has 30 heavy (non-hydrogen) atoms. The molecule has 0 spiro atoms. The van der Waals surface area contributed by atoms with Crippen LogP contribution in [0.15, 0.2) is 71.3 Å². The van der Waals surface area contributed by atoms with Crippen molar-refractivity contribution in [3.8, 4) is 0 Å². The monoisotopic (exact) mass is 403 g/mol. The molecule has 0 saturated carbocycles. The molecule has 0 unspecified atom stereocenters. The predicted molar refractivity (Wildman–Crippen MR) is 108 cm³/mol. The van der Waals surface area contributed by atoms with Crippen molar-refractivity contribution in [3.63, 3.8) is 0 Å². The lowest BCUT2D eigenvalue weighted by atomic mass is 10.1. The van der Waals surface area contributed by atoms with Gasteiger partial charge in [0.25, 0.3) is 17.7 Å². The van der Waals surface area contributed by atoms with E-state index in [1.54, 1.807) is 54.6 Å². The van der Waals surface area contributed by atoms with E-state index in [1.807, 2.05) is 0 Å². The van der Waals surface area contributed by atoms with Crippen LogP contribution < -0.4 is 15.5 Å². The van der Waals surface area contributed by atoms with Crippen molar-refractivity contribution in [1.29, 1.82) is 0 Å². The van der Waals surface area contributed by atoms with E-state index in [9.17, 15) is 19.2 Å². The average Bonchev–Trinajstić information content (AvgIpc) is 3.36. The number of hydrogen-bond acceptors (Lipinski definition) is 5. The summed E-state index contributed by atoms with van der Waals surface area (Å²) in [5.41, 5.74) is 1.50. The van der Waals surface area contributed by atoms with E-state index in [4.69, 9.17) is 4.42 Å². The minimum absolute atomic E-state index is 0.0453. The van der Waals surface area contributed by atoms with Gasteiger partial charge in [0, 0.05) is 18.7 Å². The summed E-state index contributed by atoms with van der Waals surface area (Å²) in [6, 6.07) is 16.2. The Morgan fingerprint density at radius 1 is 0.900 bits per heavy atom. The first kappa shape index (κ1) is 19.1. The van der Waals surface area contributed by atoms with Crippen molar-refractivity contribution in [1.82, 2.24) is 5.32 Å². The number of carbonyl (C=O) groups is 4. The summed E-state index contributed by atoms with van der Waals surface area (Å²) in [6.45, 7) is 0.128. The first-order valence-electron chi connectivity index (χ1n) is 9.24.